The van der Waals surface area contributed by atoms with E-state index in [-0.39, 0.29) is 0 Å². The molecule has 0 atom stereocenters. The second kappa shape index (κ2) is 7.75. The van der Waals surface area contributed by atoms with E-state index in [1.807, 2.05) is 36.6 Å². The highest BCUT2D eigenvalue weighted by Crippen LogP contribution is 2.30. The van der Waals surface area contributed by atoms with Gasteiger partial charge in [0, 0.05) is 40.5 Å². The molecule has 7 heteroatoms. The molecule has 0 aliphatic heterocycles. The molecule has 3 aromatic rings. The first-order valence-corrected chi connectivity index (χ1v) is 8.93. The molecule has 0 saturated carbocycles. The van der Waals surface area contributed by atoms with Crippen molar-refractivity contribution >= 4 is 40.8 Å². The van der Waals surface area contributed by atoms with Crippen LogP contribution in [0.25, 0.3) is 11.3 Å². The Morgan fingerprint density at radius 1 is 1.29 bits per heavy atom. The zero-order chi connectivity index (χ0) is 16.9. The zero-order valence-corrected chi connectivity index (χ0v) is 15.2. The van der Waals surface area contributed by atoms with Gasteiger partial charge in [-0.2, -0.15) is 5.10 Å². The predicted molar refractivity (Wildman–Crippen MR) is 101 cm³/mol. The summed E-state index contributed by atoms with van der Waals surface area (Å²) in [6.07, 6.45) is 5.23. The van der Waals surface area contributed by atoms with Crippen LogP contribution in [0, 0.1) is 0 Å². The van der Waals surface area contributed by atoms with Crippen molar-refractivity contribution in [2.24, 2.45) is 10.1 Å². The molecular formula is C17H14Cl2N4S. The van der Waals surface area contributed by atoms with E-state index in [4.69, 9.17) is 23.2 Å². The van der Waals surface area contributed by atoms with Crippen molar-refractivity contribution in [3.05, 3.63) is 68.5 Å². The Morgan fingerprint density at radius 2 is 2.17 bits per heavy atom. The van der Waals surface area contributed by atoms with Crippen LogP contribution in [0.5, 0.6) is 0 Å². The van der Waals surface area contributed by atoms with Crippen molar-refractivity contribution in [2.75, 3.05) is 6.54 Å². The Balaban J connectivity index is 2.11. The van der Waals surface area contributed by atoms with Gasteiger partial charge in [-0.15, -0.1) is 11.3 Å². The SMILES string of the molecule is CCN=c1scc(-c2ccc(Cl)cc2Cl)n1/N=C\c1cccnc1. The normalized spacial score (nSPS) is 12.2. The van der Waals surface area contributed by atoms with Crippen molar-refractivity contribution in [3.8, 4) is 11.3 Å². The first-order chi connectivity index (χ1) is 11.7. The van der Waals surface area contributed by atoms with E-state index >= 15 is 0 Å². The molecule has 2 aromatic heterocycles. The topological polar surface area (TPSA) is 42.5 Å². The van der Waals surface area contributed by atoms with E-state index in [1.54, 1.807) is 29.4 Å². The maximum absolute atomic E-state index is 6.35. The molecule has 0 amide bonds. The highest BCUT2D eigenvalue weighted by Gasteiger charge is 2.11. The summed E-state index contributed by atoms with van der Waals surface area (Å²) in [5.41, 5.74) is 2.64. The Labute approximate surface area is 153 Å². The fourth-order valence-electron chi connectivity index (χ4n) is 2.11. The second-order valence-corrected chi connectivity index (χ2v) is 6.52. The Morgan fingerprint density at radius 3 is 2.88 bits per heavy atom. The van der Waals surface area contributed by atoms with Crippen LogP contribution in [0.1, 0.15) is 12.5 Å². The molecule has 0 aliphatic carbocycles. The monoisotopic (exact) mass is 376 g/mol. The number of pyridine rings is 1. The van der Waals surface area contributed by atoms with Gasteiger partial charge in [-0.05, 0) is 31.2 Å². The minimum absolute atomic E-state index is 0.577. The first-order valence-electron chi connectivity index (χ1n) is 7.30. The smallest absolute Gasteiger partial charge is 0.206 e. The minimum atomic E-state index is 0.577. The average molecular weight is 377 g/mol. The third-order valence-electron chi connectivity index (χ3n) is 3.19. The lowest BCUT2D eigenvalue weighted by Gasteiger charge is -2.06. The van der Waals surface area contributed by atoms with Gasteiger partial charge in [0.05, 0.1) is 16.9 Å². The van der Waals surface area contributed by atoms with Gasteiger partial charge in [0.15, 0.2) is 0 Å². The fraction of sp³-hybridized carbons (Fsp3) is 0.118. The van der Waals surface area contributed by atoms with Crippen molar-refractivity contribution < 1.29 is 0 Å². The largest absolute Gasteiger partial charge is 0.264 e. The third-order valence-corrected chi connectivity index (χ3v) is 4.59. The molecule has 24 heavy (non-hydrogen) atoms. The summed E-state index contributed by atoms with van der Waals surface area (Å²) in [6.45, 7) is 2.67. The number of rotatable bonds is 4. The van der Waals surface area contributed by atoms with Gasteiger partial charge < -0.3 is 0 Å². The maximum atomic E-state index is 6.35. The molecule has 0 saturated heterocycles. The van der Waals surface area contributed by atoms with Crippen molar-refractivity contribution in [3.63, 3.8) is 0 Å². The van der Waals surface area contributed by atoms with Crippen LogP contribution in [-0.4, -0.2) is 22.4 Å². The summed E-state index contributed by atoms with van der Waals surface area (Å²) < 4.78 is 1.79. The summed E-state index contributed by atoms with van der Waals surface area (Å²) >= 11 is 13.9. The third kappa shape index (κ3) is 3.75. The molecule has 0 spiro atoms. The van der Waals surface area contributed by atoms with Gasteiger partial charge in [-0.1, -0.05) is 29.3 Å². The lowest BCUT2D eigenvalue weighted by molar-refractivity contribution is 0.833. The molecule has 4 nitrogen and oxygen atoms in total. The molecular weight excluding hydrogens is 363 g/mol. The summed E-state index contributed by atoms with van der Waals surface area (Å²) in [5, 5.41) is 7.74. The number of hydrogen-bond donors (Lipinski definition) is 0. The van der Waals surface area contributed by atoms with E-state index < -0.39 is 0 Å². The van der Waals surface area contributed by atoms with E-state index in [2.05, 4.69) is 15.1 Å². The van der Waals surface area contributed by atoms with Gasteiger partial charge in [0.2, 0.25) is 4.80 Å². The van der Waals surface area contributed by atoms with Crippen molar-refractivity contribution in [1.82, 2.24) is 9.66 Å². The number of thiazole rings is 1. The van der Waals surface area contributed by atoms with Gasteiger partial charge in [0.25, 0.3) is 0 Å². The molecule has 0 unspecified atom stereocenters. The number of nitrogens with zero attached hydrogens (tertiary/aromatic N) is 4. The van der Waals surface area contributed by atoms with Crippen LogP contribution < -0.4 is 4.80 Å². The summed E-state index contributed by atoms with van der Waals surface area (Å²) in [4.78, 5) is 9.39. The van der Waals surface area contributed by atoms with E-state index in [0.29, 0.717) is 16.6 Å². The molecule has 122 valence electrons. The number of aromatic nitrogens is 2. The van der Waals surface area contributed by atoms with Crippen molar-refractivity contribution in [2.45, 2.75) is 6.92 Å². The van der Waals surface area contributed by atoms with Crippen LogP contribution in [0.15, 0.2) is 58.2 Å². The minimum Gasteiger partial charge on any atom is -0.264 e. The van der Waals surface area contributed by atoms with Gasteiger partial charge >= 0.3 is 0 Å². The molecule has 3 rings (SSSR count). The van der Waals surface area contributed by atoms with Crippen LogP contribution in [0.3, 0.4) is 0 Å². The summed E-state index contributed by atoms with van der Waals surface area (Å²) in [7, 11) is 0. The fourth-order valence-corrected chi connectivity index (χ4v) is 3.51. The molecule has 2 heterocycles. The lowest BCUT2D eigenvalue weighted by atomic mass is 10.2. The molecule has 1 aromatic carbocycles. The number of hydrogen-bond acceptors (Lipinski definition) is 4. The van der Waals surface area contributed by atoms with Gasteiger partial charge in [-0.3, -0.25) is 9.98 Å². The highest BCUT2D eigenvalue weighted by atomic mass is 35.5. The maximum Gasteiger partial charge on any atom is 0.206 e. The Kier molecular flexibility index (Phi) is 5.45. The second-order valence-electron chi connectivity index (χ2n) is 4.84. The first kappa shape index (κ1) is 16.9. The van der Waals surface area contributed by atoms with Gasteiger partial charge in [0.1, 0.15) is 0 Å². The number of benzene rings is 1. The van der Waals surface area contributed by atoms with Crippen LogP contribution >= 0.6 is 34.5 Å². The summed E-state index contributed by atoms with van der Waals surface area (Å²) in [6, 6.07) is 9.23. The molecule has 0 bridgehead atoms. The average Bonchev–Trinajstić information content (AvgIpc) is 2.97. The quantitative estimate of drug-likeness (QED) is 0.607. The van der Waals surface area contributed by atoms with E-state index in [1.165, 1.54) is 11.3 Å². The lowest BCUT2D eigenvalue weighted by Crippen LogP contribution is -2.12. The predicted octanol–water partition coefficient (Wildman–Crippen LogP) is 4.72. The zero-order valence-electron chi connectivity index (χ0n) is 12.9. The molecule has 0 fully saturated rings. The van der Waals surface area contributed by atoms with Crippen LogP contribution in [0.4, 0.5) is 0 Å². The van der Waals surface area contributed by atoms with Crippen LogP contribution in [0.2, 0.25) is 10.0 Å². The van der Waals surface area contributed by atoms with E-state index in [9.17, 15) is 0 Å². The van der Waals surface area contributed by atoms with Crippen molar-refractivity contribution in [1.29, 1.82) is 0 Å². The molecule has 0 radical (unpaired) electrons. The van der Waals surface area contributed by atoms with E-state index in [0.717, 1.165) is 21.6 Å². The van der Waals surface area contributed by atoms with Crippen LogP contribution in [-0.2, 0) is 0 Å². The Bertz CT molecular complexity index is 929. The highest BCUT2D eigenvalue weighted by molar-refractivity contribution is 7.07. The standard InChI is InChI=1S/C17H14Cl2N4S/c1-2-21-17-23(22-10-12-4-3-7-20-9-12)16(11-24-17)14-6-5-13(18)8-15(14)19/h3-11H,2H2,1H3/b21-17?,22-10-. The molecule has 0 N–H and O–H groups in total. The van der Waals surface area contributed by atoms with Gasteiger partial charge in [-0.25, -0.2) is 4.68 Å². The number of halogens is 2. The Hall–Kier alpha value is -1.95. The molecule has 0 aliphatic rings. The summed E-state index contributed by atoms with van der Waals surface area (Å²) in [5.74, 6) is 0.